The van der Waals surface area contributed by atoms with Crippen molar-refractivity contribution in [3.8, 4) is 0 Å². The molecule has 0 saturated heterocycles. The molecule has 17 nitrogen and oxygen atoms in total. The standard InChI is InChI=1S/C89H154O17P2/c1-5-9-13-17-21-25-29-33-37-39-41-43-47-49-53-57-61-65-69-73-86(91)99-79-84(105-88(93)75-71-67-63-59-55-51-45-35-31-27-23-19-15-11-7-3)81-103-107(95,96)101-77-83(90)78-102-108(97,98)104-82-85(106-89(94)76-72-68-64-60-56-52-46-36-32-28-24-20-16-12-8-4)80-100-87(92)74-70-66-62-58-54-50-48-44-42-40-38-34-30-26-22-18-14-10-6-2/h11,15,21-23,25-27,33-35,37-38,41-45,55,59,83-85,90H,5-10,12-14,16-20,24,28-32,36,39-40,46-54,56-58,60-82H2,1-4H3,(H,95,96)(H,97,98)/b15-11-,25-21-,26-22-,27-23-,37-33-,38-34-,43-41-,44-42-,45-35-,59-55-. The molecule has 0 aliphatic carbocycles. The molecule has 0 saturated carbocycles. The molecule has 622 valence electrons. The third-order valence-electron chi connectivity index (χ3n) is 17.9. The Kier molecular flexibility index (Phi) is 77.1. The number of unbranched alkanes of at least 4 members (excludes halogenated alkanes) is 34. The highest BCUT2D eigenvalue weighted by atomic mass is 31.2. The van der Waals surface area contributed by atoms with E-state index in [1.165, 1.54) is 103 Å². The second-order valence-corrected chi connectivity index (χ2v) is 31.3. The van der Waals surface area contributed by atoms with E-state index in [1.807, 2.05) is 0 Å². The van der Waals surface area contributed by atoms with Gasteiger partial charge in [-0.1, -0.05) is 316 Å². The first kappa shape index (κ1) is 103. The molecule has 0 radical (unpaired) electrons. The molecule has 0 heterocycles. The number of aliphatic hydroxyl groups excluding tert-OH is 1. The maximum atomic E-state index is 13.1. The summed E-state index contributed by atoms with van der Waals surface area (Å²) in [6.07, 6.45) is 90.2. The van der Waals surface area contributed by atoms with Crippen LogP contribution in [-0.4, -0.2) is 96.7 Å². The van der Waals surface area contributed by atoms with E-state index in [1.54, 1.807) is 0 Å². The van der Waals surface area contributed by atoms with E-state index in [2.05, 4.69) is 149 Å². The summed E-state index contributed by atoms with van der Waals surface area (Å²) in [6.45, 7) is 4.69. The fourth-order valence-electron chi connectivity index (χ4n) is 11.4. The largest absolute Gasteiger partial charge is 0.472 e. The van der Waals surface area contributed by atoms with Gasteiger partial charge in [0, 0.05) is 25.7 Å². The zero-order valence-corrected chi connectivity index (χ0v) is 70.0. The summed E-state index contributed by atoms with van der Waals surface area (Å²) in [7, 11) is -9.98. The number of allylic oxidation sites excluding steroid dienone is 20. The van der Waals surface area contributed by atoms with Gasteiger partial charge in [0.25, 0.3) is 0 Å². The van der Waals surface area contributed by atoms with Crippen molar-refractivity contribution < 1.29 is 80.2 Å². The van der Waals surface area contributed by atoms with Crippen LogP contribution in [0.25, 0.3) is 0 Å². The Morgan fingerprint density at radius 3 is 0.778 bits per heavy atom. The number of phosphoric ester groups is 2. The van der Waals surface area contributed by atoms with Gasteiger partial charge in [-0.2, -0.15) is 0 Å². The van der Waals surface area contributed by atoms with Crippen LogP contribution >= 0.6 is 15.6 Å². The van der Waals surface area contributed by atoms with Crippen LogP contribution in [0, 0.1) is 0 Å². The lowest BCUT2D eigenvalue weighted by atomic mass is 10.0. The quantitative estimate of drug-likeness (QED) is 0.0169. The summed E-state index contributed by atoms with van der Waals surface area (Å²) in [6, 6.07) is 0. The van der Waals surface area contributed by atoms with Gasteiger partial charge in [0.1, 0.15) is 19.3 Å². The van der Waals surface area contributed by atoms with Crippen LogP contribution in [0.15, 0.2) is 122 Å². The van der Waals surface area contributed by atoms with E-state index < -0.39 is 97.5 Å². The van der Waals surface area contributed by atoms with Gasteiger partial charge in [-0.05, 0) is 141 Å². The van der Waals surface area contributed by atoms with Crippen molar-refractivity contribution in [3.63, 3.8) is 0 Å². The molecule has 0 aliphatic heterocycles. The van der Waals surface area contributed by atoms with E-state index in [0.29, 0.717) is 32.1 Å². The molecule has 0 fully saturated rings. The van der Waals surface area contributed by atoms with Gasteiger partial charge in [0.2, 0.25) is 0 Å². The van der Waals surface area contributed by atoms with Crippen molar-refractivity contribution in [2.75, 3.05) is 39.6 Å². The second-order valence-electron chi connectivity index (χ2n) is 28.4. The van der Waals surface area contributed by atoms with Crippen molar-refractivity contribution in [2.24, 2.45) is 0 Å². The second kappa shape index (κ2) is 80.5. The van der Waals surface area contributed by atoms with Crippen LogP contribution in [0.1, 0.15) is 362 Å². The lowest BCUT2D eigenvalue weighted by molar-refractivity contribution is -0.161. The van der Waals surface area contributed by atoms with Gasteiger partial charge in [-0.15, -0.1) is 0 Å². The molecular weight excluding hydrogens is 1400 g/mol. The summed E-state index contributed by atoms with van der Waals surface area (Å²) < 4.78 is 68.8. The highest BCUT2D eigenvalue weighted by Gasteiger charge is 2.30. The Labute approximate surface area is 657 Å². The maximum absolute atomic E-state index is 13.1. The van der Waals surface area contributed by atoms with E-state index in [9.17, 15) is 43.2 Å². The number of ether oxygens (including phenoxy) is 4. The molecule has 5 unspecified atom stereocenters. The van der Waals surface area contributed by atoms with Crippen LogP contribution in [-0.2, 0) is 65.4 Å². The number of carbonyl (C=O) groups is 4. The monoisotopic (exact) mass is 1560 g/mol. The third kappa shape index (κ3) is 79.5. The zero-order valence-electron chi connectivity index (χ0n) is 68.2. The van der Waals surface area contributed by atoms with Gasteiger partial charge in [-0.25, -0.2) is 9.13 Å². The summed E-state index contributed by atoms with van der Waals surface area (Å²) in [4.78, 5) is 73.2. The lowest BCUT2D eigenvalue weighted by Crippen LogP contribution is -2.30. The van der Waals surface area contributed by atoms with Crippen molar-refractivity contribution in [1.29, 1.82) is 0 Å². The Morgan fingerprint density at radius 1 is 0.269 bits per heavy atom. The van der Waals surface area contributed by atoms with Crippen molar-refractivity contribution >= 4 is 39.5 Å². The van der Waals surface area contributed by atoms with Crippen molar-refractivity contribution in [3.05, 3.63) is 122 Å². The van der Waals surface area contributed by atoms with Crippen LogP contribution in [0.5, 0.6) is 0 Å². The van der Waals surface area contributed by atoms with Gasteiger partial charge >= 0.3 is 39.5 Å². The molecule has 5 atom stereocenters. The Bertz CT molecular complexity index is 2520. The van der Waals surface area contributed by atoms with E-state index in [-0.39, 0.29) is 25.7 Å². The van der Waals surface area contributed by atoms with Gasteiger partial charge in [-0.3, -0.25) is 37.3 Å². The minimum Gasteiger partial charge on any atom is -0.462 e. The van der Waals surface area contributed by atoms with Crippen LogP contribution in [0.2, 0.25) is 0 Å². The lowest BCUT2D eigenvalue weighted by Gasteiger charge is -2.21. The Morgan fingerprint density at radius 2 is 0.481 bits per heavy atom. The highest BCUT2D eigenvalue weighted by molar-refractivity contribution is 7.47. The smallest absolute Gasteiger partial charge is 0.462 e. The highest BCUT2D eigenvalue weighted by Crippen LogP contribution is 2.45. The topological polar surface area (TPSA) is 237 Å². The molecule has 0 amide bonds. The number of hydrogen-bond acceptors (Lipinski definition) is 15. The molecule has 0 aromatic heterocycles. The normalized spacial score (nSPS) is 14.4. The molecule has 0 rings (SSSR count). The molecule has 0 aromatic carbocycles. The summed E-state index contributed by atoms with van der Waals surface area (Å²) in [5.41, 5.74) is 0. The first-order valence-corrected chi connectivity index (χ1v) is 45.8. The molecule has 3 N–H and O–H groups in total. The minimum atomic E-state index is -5.00. The Hall–Kier alpha value is -4.54. The predicted octanol–water partition coefficient (Wildman–Crippen LogP) is 25.5. The van der Waals surface area contributed by atoms with Gasteiger partial charge in [0.05, 0.1) is 26.4 Å². The molecular formula is C89H154O17P2. The molecule has 108 heavy (non-hydrogen) atoms. The molecule has 19 heteroatoms. The molecule has 0 aliphatic rings. The van der Waals surface area contributed by atoms with Crippen LogP contribution < -0.4 is 0 Å². The average molecular weight is 1560 g/mol. The fourth-order valence-corrected chi connectivity index (χ4v) is 13.0. The van der Waals surface area contributed by atoms with Gasteiger partial charge < -0.3 is 33.8 Å². The first-order chi connectivity index (χ1) is 52.7. The third-order valence-corrected chi connectivity index (χ3v) is 19.8. The molecule has 0 aromatic rings. The number of carbonyl (C=O) groups excluding carboxylic acids is 4. The number of hydrogen-bond donors (Lipinski definition) is 3. The SMILES string of the molecule is CC/C=C\C/C=C\C/C=C\C/C=C\CCCCC(=O)OC(COC(=O)CCCCCCCC/C=C\C/C=C\C/C=C\CCCCC)COP(=O)(O)OCC(O)COP(=O)(O)OCC(COC(=O)CCCCCCCC/C=C\C/C=C\C/C=C\CCCCC)OC(=O)CCCCCCCCCCCCCCCCC. The van der Waals surface area contributed by atoms with Crippen LogP contribution in [0.3, 0.4) is 0 Å². The summed E-state index contributed by atoms with van der Waals surface area (Å²) in [5, 5.41) is 10.7. The molecule has 0 spiro atoms. The number of phosphoric acid groups is 2. The number of esters is 4. The summed E-state index contributed by atoms with van der Waals surface area (Å²) >= 11 is 0. The zero-order chi connectivity index (χ0) is 78.9. The average Bonchev–Trinajstić information content (AvgIpc) is 0.907. The first-order valence-electron chi connectivity index (χ1n) is 42.8. The minimum absolute atomic E-state index is 0.0380. The predicted molar refractivity (Wildman–Crippen MR) is 445 cm³/mol. The van der Waals surface area contributed by atoms with E-state index >= 15 is 0 Å². The van der Waals surface area contributed by atoms with Crippen molar-refractivity contribution in [1.82, 2.24) is 0 Å². The van der Waals surface area contributed by atoms with Crippen LogP contribution in [0.4, 0.5) is 0 Å². The molecule has 0 bridgehead atoms. The van der Waals surface area contributed by atoms with Gasteiger partial charge in [0.15, 0.2) is 12.2 Å². The van der Waals surface area contributed by atoms with E-state index in [0.717, 1.165) is 173 Å². The number of rotatable bonds is 80. The van der Waals surface area contributed by atoms with E-state index in [4.69, 9.17) is 37.0 Å². The maximum Gasteiger partial charge on any atom is 0.472 e. The Balaban J connectivity index is 5.40. The number of aliphatic hydroxyl groups is 1. The fraction of sp³-hybridized carbons (Fsp3) is 0.730. The summed E-state index contributed by atoms with van der Waals surface area (Å²) in [5.74, 6) is -2.23. The van der Waals surface area contributed by atoms with Crippen molar-refractivity contribution in [2.45, 2.75) is 380 Å².